The number of aromatic amines is 1. The third kappa shape index (κ3) is 1.72. The van der Waals surface area contributed by atoms with Gasteiger partial charge in [-0.05, 0) is 12.8 Å². The Morgan fingerprint density at radius 2 is 2.07 bits per heavy atom. The molecule has 0 aliphatic rings. The molecular weight excluding hydrogens is 192 g/mol. The summed E-state index contributed by atoms with van der Waals surface area (Å²) in [5, 5.41) is 0. The minimum absolute atomic E-state index is 0.229. The Labute approximate surface area is 86.6 Å². The lowest BCUT2D eigenvalue weighted by molar-refractivity contribution is 0.818. The van der Waals surface area contributed by atoms with Gasteiger partial charge in [0.1, 0.15) is 5.82 Å². The van der Waals surface area contributed by atoms with Gasteiger partial charge >= 0.3 is 0 Å². The van der Waals surface area contributed by atoms with Gasteiger partial charge in [0.25, 0.3) is 5.56 Å². The van der Waals surface area contributed by atoms with Gasteiger partial charge in [-0.25, -0.2) is 15.0 Å². The maximum absolute atomic E-state index is 11.6. The zero-order valence-corrected chi connectivity index (χ0v) is 8.90. The van der Waals surface area contributed by atoms with Crippen LogP contribution in [0.3, 0.4) is 0 Å². The number of aryl methyl sites for hydroxylation is 1. The highest BCUT2D eigenvalue weighted by molar-refractivity contribution is 5.67. The van der Waals surface area contributed by atoms with E-state index in [0.29, 0.717) is 17.0 Å². The van der Waals surface area contributed by atoms with Crippen LogP contribution >= 0.6 is 0 Å². The van der Waals surface area contributed by atoms with Crippen molar-refractivity contribution >= 4 is 11.2 Å². The highest BCUT2D eigenvalue weighted by Crippen LogP contribution is 2.11. The van der Waals surface area contributed by atoms with E-state index in [1.54, 1.807) is 13.1 Å². The Morgan fingerprint density at radius 3 is 2.73 bits per heavy atom. The number of hydrogen-bond acceptors (Lipinski definition) is 4. The van der Waals surface area contributed by atoms with Gasteiger partial charge in [0.05, 0.1) is 11.9 Å². The van der Waals surface area contributed by atoms with Crippen molar-refractivity contribution in [1.29, 1.82) is 0 Å². The van der Waals surface area contributed by atoms with Gasteiger partial charge < -0.3 is 4.98 Å². The van der Waals surface area contributed by atoms with Crippen molar-refractivity contribution in [2.24, 2.45) is 0 Å². The van der Waals surface area contributed by atoms with Crippen LogP contribution < -0.4 is 5.56 Å². The first-order chi connectivity index (χ1) is 7.08. The van der Waals surface area contributed by atoms with Gasteiger partial charge in [-0.1, -0.05) is 13.8 Å². The summed E-state index contributed by atoms with van der Waals surface area (Å²) in [5.74, 6) is 0.807. The lowest BCUT2D eigenvalue weighted by Gasteiger charge is -2.04. The molecule has 15 heavy (non-hydrogen) atoms. The van der Waals surface area contributed by atoms with Crippen LogP contribution in [0.15, 0.2) is 11.0 Å². The summed E-state index contributed by atoms with van der Waals surface area (Å²) in [5.41, 5.74) is 1.29. The zero-order valence-electron chi connectivity index (χ0n) is 8.90. The fourth-order valence-corrected chi connectivity index (χ4v) is 1.32. The summed E-state index contributed by atoms with van der Waals surface area (Å²) >= 11 is 0. The van der Waals surface area contributed by atoms with Crippen LogP contribution in [0.2, 0.25) is 0 Å². The molecule has 0 amide bonds. The number of hydrogen-bond donors (Lipinski definition) is 1. The molecular formula is C10H12N4O. The smallest absolute Gasteiger partial charge is 0.279 e. The van der Waals surface area contributed by atoms with E-state index < -0.39 is 0 Å². The minimum atomic E-state index is -0.229. The van der Waals surface area contributed by atoms with E-state index >= 15 is 0 Å². The molecule has 0 saturated heterocycles. The largest absolute Gasteiger partial charge is 0.309 e. The maximum atomic E-state index is 11.6. The third-order valence-corrected chi connectivity index (χ3v) is 2.15. The monoisotopic (exact) mass is 204 g/mol. The predicted molar refractivity (Wildman–Crippen MR) is 56.8 cm³/mol. The summed E-state index contributed by atoms with van der Waals surface area (Å²) in [6.45, 7) is 5.73. The van der Waals surface area contributed by atoms with Gasteiger partial charge in [-0.2, -0.15) is 0 Å². The molecule has 0 aliphatic carbocycles. The summed E-state index contributed by atoms with van der Waals surface area (Å²) in [7, 11) is 0. The van der Waals surface area contributed by atoms with Crippen LogP contribution in [-0.2, 0) is 0 Å². The molecule has 0 atom stereocenters. The number of rotatable bonds is 1. The fourth-order valence-electron chi connectivity index (χ4n) is 1.32. The molecule has 2 heterocycles. The van der Waals surface area contributed by atoms with E-state index in [9.17, 15) is 4.79 Å². The highest BCUT2D eigenvalue weighted by atomic mass is 16.1. The van der Waals surface area contributed by atoms with Gasteiger partial charge in [-0.3, -0.25) is 4.79 Å². The van der Waals surface area contributed by atoms with Crippen molar-refractivity contribution in [3.05, 3.63) is 28.1 Å². The van der Waals surface area contributed by atoms with Gasteiger partial charge in [-0.15, -0.1) is 0 Å². The number of fused-ring (bicyclic) bond motifs is 1. The standard InChI is InChI=1S/C10H12N4O/c1-5(2)7-4-11-9-8(14-7)10(15)13-6(3)12-9/h4-5H,1-3H3,(H,11,12,13,15). The third-order valence-electron chi connectivity index (χ3n) is 2.15. The van der Waals surface area contributed by atoms with Crippen LogP contribution in [0.4, 0.5) is 0 Å². The Bertz CT molecular complexity index is 559. The van der Waals surface area contributed by atoms with Crippen LogP contribution in [-0.4, -0.2) is 19.9 Å². The molecule has 0 bridgehead atoms. The molecule has 2 aromatic heterocycles. The first kappa shape index (κ1) is 9.76. The fraction of sp³-hybridized carbons (Fsp3) is 0.400. The van der Waals surface area contributed by atoms with Crippen LogP contribution in [0, 0.1) is 6.92 Å². The van der Waals surface area contributed by atoms with E-state index in [4.69, 9.17) is 0 Å². The molecule has 1 N–H and O–H groups in total. The normalized spacial score (nSPS) is 11.2. The second-order valence-electron chi connectivity index (χ2n) is 3.77. The van der Waals surface area contributed by atoms with Crippen molar-refractivity contribution in [2.45, 2.75) is 26.7 Å². The first-order valence-electron chi connectivity index (χ1n) is 4.81. The number of nitrogens with one attached hydrogen (secondary N) is 1. The summed E-state index contributed by atoms with van der Waals surface area (Å²) in [6.07, 6.45) is 1.67. The van der Waals surface area contributed by atoms with Gasteiger partial charge in [0.15, 0.2) is 11.2 Å². The van der Waals surface area contributed by atoms with Crippen molar-refractivity contribution in [2.75, 3.05) is 0 Å². The SMILES string of the molecule is Cc1nc2ncc(C(C)C)nc2c(=O)[nH]1. The summed E-state index contributed by atoms with van der Waals surface area (Å²) in [6, 6.07) is 0. The Kier molecular flexibility index (Phi) is 2.22. The van der Waals surface area contributed by atoms with Crippen LogP contribution in [0.5, 0.6) is 0 Å². The second kappa shape index (κ2) is 3.42. The molecule has 0 saturated carbocycles. The highest BCUT2D eigenvalue weighted by Gasteiger charge is 2.07. The first-order valence-corrected chi connectivity index (χ1v) is 4.81. The molecule has 0 aliphatic heterocycles. The molecule has 0 fully saturated rings. The van der Waals surface area contributed by atoms with Crippen molar-refractivity contribution < 1.29 is 0 Å². The van der Waals surface area contributed by atoms with Crippen LogP contribution in [0.1, 0.15) is 31.3 Å². The molecule has 5 nitrogen and oxygen atoms in total. The second-order valence-corrected chi connectivity index (χ2v) is 3.77. The van der Waals surface area contributed by atoms with Crippen molar-refractivity contribution in [3.8, 4) is 0 Å². The lowest BCUT2D eigenvalue weighted by Crippen LogP contribution is -2.13. The zero-order chi connectivity index (χ0) is 11.0. The Hall–Kier alpha value is -1.78. The number of aromatic nitrogens is 4. The predicted octanol–water partition coefficient (Wildman–Crippen LogP) is 1.14. The molecule has 5 heteroatoms. The van der Waals surface area contributed by atoms with E-state index in [2.05, 4.69) is 19.9 Å². The minimum Gasteiger partial charge on any atom is -0.309 e. The summed E-state index contributed by atoms with van der Waals surface area (Å²) in [4.78, 5) is 26.7. The van der Waals surface area contributed by atoms with E-state index in [-0.39, 0.29) is 11.5 Å². The average molecular weight is 204 g/mol. The van der Waals surface area contributed by atoms with Gasteiger partial charge in [0, 0.05) is 0 Å². The average Bonchev–Trinajstić information content (AvgIpc) is 2.16. The van der Waals surface area contributed by atoms with Crippen LogP contribution in [0.25, 0.3) is 11.2 Å². The van der Waals surface area contributed by atoms with Crippen molar-refractivity contribution in [3.63, 3.8) is 0 Å². The number of nitrogens with zero attached hydrogens (tertiary/aromatic N) is 3. The molecule has 2 rings (SSSR count). The van der Waals surface area contributed by atoms with Crippen molar-refractivity contribution in [1.82, 2.24) is 19.9 Å². The summed E-state index contributed by atoms with van der Waals surface area (Å²) < 4.78 is 0. The van der Waals surface area contributed by atoms with Gasteiger partial charge in [0.2, 0.25) is 0 Å². The molecule has 0 unspecified atom stereocenters. The van der Waals surface area contributed by atoms with E-state index in [0.717, 1.165) is 5.69 Å². The quantitative estimate of drug-likeness (QED) is 0.756. The molecule has 0 radical (unpaired) electrons. The topological polar surface area (TPSA) is 71.5 Å². The molecule has 0 aromatic carbocycles. The molecule has 78 valence electrons. The van der Waals surface area contributed by atoms with E-state index in [1.807, 2.05) is 13.8 Å². The molecule has 2 aromatic rings. The Balaban J connectivity index is 2.77. The van der Waals surface area contributed by atoms with E-state index in [1.165, 1.54) is 0 Å². The lowest BCUT2D eigenvalue weighted by atomic mass is 10.1. The molecule has 0 spiro atoms. The number of H-pyrrole nitrogens is 1. The maximum Gasteiger partial charge on any atom is 0.279 e. The Morgan fingerprint density at radius 1 is 1.33 bits per heavy atom.